The Labute approximate surface area is 160 Å². The summed E-state index contributed by atoms with van der Waals surface area (Å²) in [7, 11) is 0. The third-order valence-electron chi connectivity index (χ3n) is 3.17. The van der Waals surface area contributed by atoms with Crippen molar-refractivity contribution in [1.82, 2.24) is 0 Å². The number of para-hydroxylation sites is 1. The van der Waals surface area contributed by atoms with Gasteiger partial charge < -0.3 is 15.4 Å². The predicted octanol–water partition coefficient (Wildman–Crippen LogP) is 5.89. The second kappa shape index (κ2) is 8.12. The van der Waals surface area contributed by atoms with Crippen LogP contribution in [0.25, 0.3) is 0 Å². The van der Waals surface area contributed by atoms with Gasteiger partial charge in [0.2, 0.25) is 0 Å². The van der Waals surface area contributed by atoms with E-state index < -0.39 is 0 Å². The van der Waals surface area contributed by atoms with E-state index in [0.29, 0.717) is 5.11 Å². The molecule has 0 fully saturated rings. The zero-order valence-electron chi connectivity index (χ0n) is 12.7. The van der Waals surface area contributed by atoms with Gasteiger partial charge in [0.1, 0.15) is 11.5 Å². The van der Waals surface area contributed by atoms with Crippen LogP contribution in [0.5, 0.6) is 11.5 Å². The first-order valence-electron chi connectivity index (χ1n) is 7.35. The molecule has 0 spiro atoms. The molecular formula is C19H15IN2OS. The lowest BCUT2D eigenvalue weighted by molar-refractivity contribution is 0.483. The van der Waals surface area contributed by atoms with Crippen LogP contribution in [-0.2, 0) is 0 Å². The van der Waals surface area contributed by atoms with Gasteiger partial charge in [-0.15, -0.1) is 0 Å². The molecule has 0 heterocycles. The van der Waals surface area contributed by atoms with Gasteiger partial charge in [-0.25, -0.2) is 0 Å². The normalized spacial score (nSPS) is 10.0. The number of thiocarbonyl (C=S) groups is 1. The van der Waals surface area contributed by atoms with Crippen LogP contribution < -0.4 is 15.4 Å². The standard InChI is InChI=1S/C19H15IN2OS/c20-14-5-4-6-16(13-14)22-19(24)21-15-9-11-18(12-10-15)23-17-7-2-1-3-8-17/h1-13H,(H2,21,22,24). The largest absolute Gasteiger partial charge is 0.457 e. The molecule has 3 rings (SSSR count). The van der Waals surface area contributed by atoms with Gasteiger partial charge in [-0.2, -0.15) is 0 Å². The van der Waals surface area contributed by atoms with E-state index in [9.17, 15) is 0 Å². The molecule has 0 radical (unpaired) electrons. The molecule has 0 saturated carbocycles. The first kappa shape index (κ1) is 16.7. The van der Waals surface area contributed by atoms with Gasteiger partial charge in [0.05, 0.1) is 0 Å². The van der Waals surface area contributed by atoms with E-state index in [4.69, 9.17) is 17.0 Å². The lowest BCUT2D eigenvalue weighted by Crippen LogP contribution is -2.18. The maximum absolute atomic E-state index is 5.77. The van der Waals surface area contributed by atoms with E-state index in [1.807, 2.05) is 78.9 Å². The van der Waals surface area contributed by atoms with Crippen molar-refractivity contribution < 1.29 is 4.74 Å². The maximum atomic E-state index is 5.77. The third kappa shape index (κ3) is 4.94. The Morgan fingerprint density at radius 3 is 2.12 bits per heavy atom. The molecule has 0 aliphatic rings. The van der Waals surface area contributed by atoms with Gasteiger partial charge in [-0.1, -0.05) is 24.3 Å². The van der Waals surface area contributed by atoms with E-state index in [2.05, 4.69) is 33.2 Å². The molecule has 3 aromatic rings. The van der Waals surface area contributed by atoms with Crippen molar-refractivity contribution in [3.05, 3.63) is 82.4 Å². The molecule has 24 heavy (non-hydrogen) atoms. The molecule has 0 bridgehead atoms. The summed E-state index contributed by atoms with van der Waals surface area (Å²) in [6.45, 7) is 0. The topological polar surface area (TPSA) is 33.3 Å². The van der Waals surface area contributed by atoms with Crippen LogP contribution in [0.15, 0.2) is 78.9 Å². The van der Waals surface area contributed by atoms with Gasteiger partial charge in [-0.05, 0) is 89.4 Å². The van der Waals surface area contributed by atoms with E-state index >= 15 is 0 Å². The van der Waals surface area contributed by atoms with Crippen molar-refractivity contribution in [2.24, 2.45) is 0 Å². The molecular weight excluding hydrogens is 431 g/mol. The minimum absolute atomic E-state index is 0.550. The maximum Gasteiger partial charge on any atom is 0.175 e. The van der Waals surface area contributed by atoms with Gasteiger partial charge in [0.25, 0.3) is 0 Å². The minimum atomic E-state index is 0.550. The Hall–Kier alpha value is -2.12. The SMILES string of the molecule is S=C(Nc1ccc(Oc2ccccc2)cc1)Nc1cccc(I)c1. The smallest absolute Gasteiger partial charge is 0.175 e. The second-order valence-corrected chi connectivity index (χ2v) is 6.68. The molecule has 0 aliphatic heterocycles. The predicted molar refractivity (Wildman–Crippen MR) is 112 cm³/mol. The van der Waals surface area contributed by atoms with Gasteiger partial charge in [0, 0.05) is 14.9 Å². The first-order valence-corrected chi connectivity index (χ1v) is 8.84. The van der Waals surface area contributed by atoms with E-state index in [1.165, 1.54) is 0 Å². The van der Waals surface area contributed by atoms with Crippen LogP contribution in [0.3, 0.4) is 0 Å². The van der Waals surface area contributed by atoms with Crippen molar-refractivity contribution in [1.29, 1.82) is 0 Å². The summed E-state index contributed by atoms with van der Waals surface area (Å²) in [5, 5.41) is 6.88. The molecule has 0 unspecified atom stereocenters. The molecule has 0 aliphatic carbocycles. The molecule has 0 aromatic heterocycles. The zero-order valence-corrected chi connectivity index (χ0v) is 15.7. The summed E-state index contributed by atoms with van der Waals surface area (Å²) >= 11 is 7.61. The number of benzene rings is 3. The van der Waals surface area contributed by atoms with E-state index in [-0.39, 0.29) is 0 Å². The van der Waals surface area contributed by atoms with E-state index in [0.717, 1.165) is 26.4 Å². The molecule has 5 heteroatoms. The molecule has 3 aromatic carbocycles. The highest BCUT2D eigenvalue weighted by Gasteiger charge is 2.01. The molecule has 3 nitrogen and oxygen atoms in total. The lowest BCUT2D eigenvalue weighted by Gasteiger charge is -2.11. The highest BCUT2D eigenvalue weighted by Crippen LogP contribution is 2.22. The summed E-state index contributed by atoms with van der Waals surface area (Å²) < 4.78 is 6.93. The summed E-state index contributed by atoms with van der Waals surface area (Å²) in [4.78, 5) is 0. The summed E-state index contributed by atoms with van der Waals surface area (Å²) in [6, 6.07) is 25.4. The van der Waals surface area contributed by atoms with Gasteiger partial charge >= 0.3 is 0 Å². The highest BCUT2D eigenvalue weighted by molar-refractivity contribution is 14.1. The average molecular weight is 446 g/mol. The van der Waals surface area contributed by atoms with Crippen molar-refractivity contribution in [2.75, 3.05) is 10.6 Å². The average Bonchev–Trinajstić information content (AvgIpc) is 2.57. The summed E-state index contributed by atoms with van der Waals surface area (Å²) in [5.74, 6) is 1.59. The van der Waals surface area contributed by atoms with E-state index in [1.54, 1.807) is 0 Å². The van der Waals surface area contributed by atoms with Gasteiger partial charge in [0.15, 0.2) is 5.11 Å². The van der Waals surface area contributed by atoms with Crippen molar-refractivity contribution in [3.63, 3.8) is 0 Å². The number of rotatable bonds is 4. The molecule has 0 saturated heterocycles. The molecule has 0 atom stereocenters. The number of nitrogens with one attached hydrogen (secondary N) is 2. The van der Waals surface area contributed by atoms with Crippen LogP contribution >= 0.6 is 34.8 Å². The van der Waals surface area contributed by atoms with Crippen molar-refractivity contribution in [3.8, 4) is 11.5 Å². The van der Waals surface area contributed by atoms with Crippen LogP contribution in [0.2, 0.25) is 0 Å². The monoisotopic (exact) mass is 446 g/mol. The number of hydrogen-bond acceptors (Lipinski definition) is 2. The first-order chi connectivity index (χ1) is 11.7. The Balaban J connectivity index is 1.58. The summed E-state index contributed by atoms with van der Waals surface area (Å²) in [6.07, 6.45) is 0. The molecule has 120 valence electrons. The lowest BCUT2D eigenvalue weighted by atomic mass is 10.3. The van der Waals surface area contributed by atoms with Crippen LogP contribution in [0.4, 0.5) is 11.4 Å². The quantitative estimate of drug-likeness (QED) is 0.387. The van der Waals surface area contributed by atoms with Crippen molar-refractivity contribution >= 4 is 51.3 Å². The Morgan fingerprint density at radius 1 is 0.750 bits per heavy atom. The fourth-order valence-electron chi connectivity index (χ4n) is 2.09. The van der Waals surface area contributed by atoms with Gasteiger partial charge in [-0.3, -0.25) is 0 Å². The second-order valence-electron chi connectivity index (χ2n) is 5.03. The minimum Gasteiger partial charge on any atom is -0.457 e. The van der Waals surface area contributed by atoms with Crippen LogP contribution in [0, 0.1) is 3.57 Å². The molecule has 0 amide bonds. The third-order valence-corrected chi connectivity index (χ3v) is 4.05. The fraction of sp³-hybridized carbons (Fsp3) is 0. The Morgan fingerprint density at radius 2 is 1.42 bits per heavy atom. The number of halogens is 1. The zero-order chi connectivity index (χ0) is 16.8. The van der Waals surface area contributed by atoms with Crippen LogP contribution in [0.1, 0.15) is 0 Å². The number of hydrogen-bond donors (Lipinski definition) is 2. The molecule has 2 N–H and O–H groups in total. The number of anilines is 2. The summed E-state index contributed by atoms with van der Waals surface area (Å²) in [5.41, 5.74) is 1.86. The fourth-order valence-corrected chi connectivity index (χ4v) is 2.87. The Bertz CT molecular complexity index is 822. The van der Waals surface area contributed by atoms with Crippen LogP contribution in [-0.4, -0.2) is 5.11 Å². The number of ether oxygens (including phenoxy) is 1. The van der Waals surface area contributed by atoms with Crippen molar-refractivity contribution in [2.45, 2.75) is 0 Å². The highest BCUT2D eigenvalue weighted by atomic mass is 127. The Kier molecular flexibility index (Phi) is 5.66.